The van der Waals surface area contributed by atoms with E-state index < -0.39 is 28.3 Å². The fraction of sp³-hybridized carbons (Fsp3) is 0.222. The molecule has 5 nitrogen and oxygen atoms in total. The van der Waals surface area contributed by atoms with Crippen LogP contribution in [0.25, 0.3) is 0 Å². The van der Waals surface area contributed by atoms with Crippen LogP contribution in [0.3, 0.4) is 0 Å². The summed E-state index contributed by atoms with van der Waals surface area (Å²) >= 11 is 0. The second kappa shape index (κ2) is 4.04. The zero-order chi connectivity index (χ0) is 11.6. The molecule has 0 aromatic heterocycles. The molecular weight excluding hydrogens is 205 g/mol. The second-order valence-corrected chi connectivity index (χ2v) is 3.03. The fourth-order valence-electron chi connectivity index (χ4n) is 1.08. The molecule has 0 bridgehead atoms. The summed E-state index contributed by atoms with van der Waals surface area (Å²) in [4.78, 5) is 20.0. The lowest BCUT2D eigenvalue weighted by molar-refractivity contribution is -0.387. The van der Waals surface area contributed by atoms with Crippen molar-refractivity contribution in [2.45, 2.75) is 12.8 Å². The molecule has 80 valence electrons. The van der Waals surface area contributed by atoms with Gasteiger partial charge in [-0.3, -0.25) is 14.9 Å². The van der Waals surface area contributed by atoms with Gasteiger partial charge in [-0.2, -0.15) is 4.39 Å². The quantitative estimate of drug-likeness (QED) is 0.614. The number of aliphatic carboxylic acids is 1. The van der Waals surface area contributed by atoms with Crippen molar-refractivity contribution in [3.8, 4) is 0 Å². The van der Waals surface area contributed by atoms with Crippen molar-refractivity contribution in [3.05, 3.63) is 39.7 Å². The number of carbonyl (C=O) groups is 1. The summed E-state index contributed by atoms with van der Waals surface area (Å²) in [5.74, 6) is -3.02. The Morgan fingerprint density at radius 2 is 2.20 bits per heavy atom. The normalized spacial score (nSPS) is 12.1. The molecule has 1 aromatic carbocycles. The molecule has 1 atom stereocenters. The Morgan fingerprint density at radius 1 is 1.60 bits per heavy atom. The third-order valence-corrected chi connectivity index (χ3v) is 2.04. The summed E-state index contributed by atoms with van der Waals surface area (Å²) < 4.78 is 13.1. The van der Waals surface area contributed by atoms with E-state index in [1.54, 1.807) is 0 Å². The van der Waals surface area contributed by atoms with Gasteiger partial charge in [-0.15, -0.1) is 0 Å². The van der Waals surface area contributed by atoms with Crippen molar-refractivity contribution in [1.82, 2.24) is 0 Å². The molecule has 0 amide bonds. The van der Waals surface area contributed by atoms with Crippen LogP contribution in [0.5, 0.6) is 0 Å². The molecule has 0 aliphatic heterocycles. The van der Waals surface area contributed by atoms with Gasteiger partial charge < -0.3 is 5.11 Å². The molecule has 1 rings (SSSR count). The molecule has 15 heavy (non-hydrogen) atoms. The molecule has 0 spiro atoms. The number of hydrogen-bond acceptors (Lipinski definition) is 3. The van der Waals surface area contributed by atoms with Crippen LogP contribution in [-0.2, 0) is 4.79 Å². The molecule has 0 unspecified atom stereocenters. The van der Waals surface area contributed by atoms with Gasteiger partial charge in [0.2, 0.25) is 5.82 Å². The number of benzene rings is 1. The molecule has 0 fully saturated rings. The topological polar surface area (TPSA) is 80.4 Å². The van der Waals surface area contributed by atoms with Gasteiger partial charge in [0, 0.05) is 6.07 Å². The maximum absolute atomic E-state index is 13.1. The Kier molecular flexibility index (Phi) is 2.99. The monoisotopic (exact) mass is 213 g/mol. The third-order valence-electron chi connectivity index (χ3n) is 2.04. The molecule has 0 aliphatic rings. The first-order valence-electron chi connectivity index (χ1n) is 4.10. The lowest BCUT2D eigenvalue weighted by atomic mass is 10.0. The number of hydrogen-bond donors (Lipinski definition) is 1. The largest absolute Gasteiger partial charge is 0.481 e. The molecule has 6 heteroatoms. The Bertz CT molecular complexity index is 419. The van der Waals surface area contributed by atoms with Crippen LogP contribution in [0.4, 0.5) is 10.1 Å². The molecule has 0 saturated carbocycles. The number of halogens is 1. The summed E-state index contributed by atoms with van der Waals surface area (Å²) in [6.45, 7) is 1.38. The highest BCUT2D eigenvalue weighted by Gasteiger charge is 2.19. The lowest BCUT2D eigenvalue weighted by Crippen LogP contribution is -2.08. The van der Waals surface area contributed by atoms with Gasteiger partial charge in [0.25, 0.3) is 0 Å². The first kappa shape index (κ1) is 11.1. The smallest absolute Gasteiger partial charge is 0.310 e. The van der Waals surface area contributed by atoms with Crippen molar-refractivity contribution < 1.29 is 19.2 Å². The average Bonchev–Trinajstić information content (AvgIpc) is 2.15. The first-order chi connectivity index (χ1) is 6.93. The standard InChI is InChI=1S/C9H8FNO4/c1-5(9(12)13)6-2-3-8(11(14)15)7(10)4-6/h2-5H,1H3,(H,12,13)/t5-/m1/s1. The average molecular weight is 213 g/mol. The maximum Gasteiger partial charge on any atom is 0.310 e. The summed E-state index contributed by atoms with van der Waals surface area (Å²) in [5, 5.41) is 18.9. The second-order valence-electron chi connectivity index (χ2n) is 3.03. The van der Waals surface area contributed by atoms with E-state index in [0.717, 1.165) is 12.1 Å². The molecule has 1 aromatic rings. The Morgan fingerprint density at radius 3 is 2.60 bits per heavy atom. The number of rotatable bonds is 3. The number of carboxylic acids is 1. The summed E-state index contributed by atoms with van der Waals surface area (Å²) in [6, 6.07) is 3.07. The number of nitrogens with zero attached hydrogens (tertiary/aromatic N) is 1. The van der Waals surface area contributed by atoms with Gasteiger partial charge in [0.05, 0.1) is 10.8 Å². The fourth-order valence-corrected chi connectivity index (χ4v) is 1.08. The van der Waals surface area contributed by atoms with E-state index in [1.807, 2.05) is 0 Å². The van der Waals surface area contributed by atoms with Crippen molar-refractivity contribution in [2.24, 2.45) is 0 Å². The van der Waals surface area contributed by atoms with Gasteiger partial charge in [-0.1, -0.05) is 6.07 Å². The summed E-state index contributed by atoms with van der Waals surface area (Å²) in [7, 11) is 0. The first-order valence-corrected chi connectivity index (χ1v) is 4.10. The van der Waals surface area contributed by atoms with Crippen LogP contribution < -0.4 is 0 Å². The van der Waals surface area contributed by atoms with E-state index in [0.29, 0.717) is 0 Å². The highest BCUT2D eigenvalue weighted by atomic mass is 19.1. The molecule has 0 radical (unpaired) electrons. The van der Waals surface area contributed by atoms with E-state index in [1.165, 1.54) is 13.0 Å². The molecule has 1 N–H and O–H groups in total. The Labute approximate surface area is 84.3 Å². The minimum absolute atomic E-state index is 0.200. The minimum atomic E-state index is -1.11. The van der Waals surface area contributed by atoms with E-state index >= 15 is 0 Å². The predicted molar refractivity (Wildman–Crippen MR) is 49.1 cm³/mol. The van der Waals surface area contributed by atoms with Gasteiger partial charge in [-0.05, 0) is 18.6 Å². The van der Waals surface area contributed by atoms with E-state index in [4.69, 9.17) is 5.11 Å². The molecular formula is C9H8FNO4. The van der Waals surface area contributed by atoms with Crippen LogP contribution in [0, 0.1) is 15.9 Å². The Balaban J connectivity index is 3.12. The maximum atomic E-state index is 13.1. The van der Waals surface area contributed by atoms with E-state index in [2.05, 4.69) is 0 Å². The van der Waals surface area contributed by atoms with Crippen molar-refractivity contribution in [2.75, 3.05) is 0 Å². The van der Waals surface area contributed by atoms with Crippen LogP contribution >= 0.6 is 0 Å². The zero-order valence-corrected chi connectivity index (χ0v) is 7.81. The highest BCUT2D eigenvalue weighted by Crippen LogP contribution is 2.22. The molecule has 0 saturated heterocycles. The summed E-state index contributed by atoms with van der Waals surface area (Å²) in [5.41, 5.74) is -0.457. The van der Waals surface area contributed by atoms with Gasteiger partial charge in [0.15, 0.2) is 0 Å². The van der Waals surface area contributed by atoms with Crippen molar-refractivity contribution in [3.63, 3.8) is 0 Å². The minimum Gasteiger partial charge on any atom is -0.481 e. The van der Waals surface area contributed by atoms with Gasteiger partial charge >= 0.3 is 11.7 Å². The highest BCUT2D eigenvalue weighted by molar-refractivity contribution is 5.75. The SMILES string of the molecule is C[C@@H](C(=O)O)c1ccc([N+](=O)[O-])c(F)c1. The predicted octanol–water partition coefficient (Wildman–Crippen LogP) is 1.92. The van der Waals surface area contributed by atoms with Crippen LogP contribution in [0.15, 0.2) is 18.2 Å². The molecule has 0 aliphatic carbocycles. The van der Waals surface area contributed by atoms with E-state index in [-0.39, 0.29) is 5.56 Å². The number of nitro benzene ring substituents is 1. The number of nitro groups is 1. The number of carboxylic acid groups (broad SMARTS) is 1. The van der Waals surface area contributed by atoms with Gasteiger partial charge in [0.1, 0.15) is 0 Å². The van der Waals surface area contributed by atoms with Crippen LogP contribution in [0.2, 0.25) is 0 Å². The van der Waals surface area contributed by atoms with Crippen molar-refractivity contribution in [1.29, 1.82) is 0 Å². The van der Waals surface area contributed by atoms with Crippen LogP contribution in [-0.4, -0.2) is 16.0 Å². The van der Waals surface area contributed by atoms with E-state index in [9.17, 15) is 19.3 Å². The Hall–Kier alpha value is -1.98. The molecule has 0 heterocycles. The van der Waals surface area contributed by atoms with Gasteiger partial charge in [-0.25, -0.2) is 0 Å². The lowest BCUT2D eigenvalue weighted by Gasteiger charge is -2.05. The summed E-state index contributed by atoms with van der Waals surface area (Å²) in [6.07, 6.45) is 0. The zero-order valence-electron chi connectivity index (χ0n) is 7.81. The van der Waals surface area contributed by atoms with Crippen LogP contribution in [0.1, 0.15) is 18.4 Å². The van der Waals surface area contributed by atoms with Crippen molar-refractivity contribution >= 4 is 11.7 Å². The third kappa shape index (κ3) is 2.28.